The fraction of sp³-hybridized carbons (Fsp3) is 0.424. The molecule has 2 amide bonds. The van der Waals surface area contributed by atoms with Crippen LogP contribution in [0.2, 0.25) is 5.02 Å². The summed E-state index contributed by atoms with van der Waals surface area (Å²) in [6.45, 7) is 2.69. The lowest BCUT2D eigenvalue weighted by Gasteiger charge is -2.37. The number of ether oxygens (including phenoxy) is 2. The van der Waals surface area contributed by atoms with Crippen LogP contribution < -0.4 is 15.4 Å². The SMILES string of the molecule is CN(C(=O)C1CCC(=O)O1)C1CCN(CC=CC(=O)Nc2cc3c(Nc4ccc(F)c(Cl)c4)ncnc3cc2OCC2CC2)CC1. The number of hydrogen-bond donors (Lipinski definition) is 2. The number of nitrogens with one attached hydrogen (secondary N) is 2. The summed E-state index contributed by atoms with van der Waals surface area (Å²) in [5, 5.41) is 6.74. The minimum atomic E-state index is -0.663. The number of halogens is 2. The summed E-state index contributed by atoms with van der Waals surface area (Å²) in [6, 6.07) is 7.94. The third-order valence-corrected chi connectivity index (χ3v) is 8.88. The van der Waals surface area contributed by atoms with Crippen molar-refractivity contribution in [3.8, 4) is 5.75 Å². The van der Waals surface area contributed by atoms with Crippen molar-refractivity contribution in [2.45, 2.75) is 50.7 Å². The molecule has 11 nitrogen and oxygen atoms in total. The molecule has 3 aromatic rings. The van der Waals surface area contributed by atoms with Crippen LogP contribution in [0.3, 0.4) is 0 Å². The summed E-state index contributed by atoms with van der Waals surface area (Å²) >= 11 is 5.97. The summed E-state index contributed by atoms with van der Waals surface area (Å²) < 4.78 is 24.9. The van der Waals surface area contributed by atoms with Crippen LogP contribution in [0.15, 0.2) is 48.8 Å². The summed E-state index contributed by atoms with van der Waals surface area (Å²) in [5.41, 5.74) is 1.65. The van der Waals surface area contributed by atoms with E-state index in [2.05, 4.69) is 25.5 Å². The summed E-state index contributed by atoms with van der Waals surface area (Å²) in [4.78, 5) is 49.9. The van der Waals surface area contributed by atoms with Crippen molar-refractivity contribution >= 4 is 57.5 Å². The van der Waals surface area contributed by atoms with E-state index in [9.17, 15) is 18.8 Å². The quantitative estimate of drug-likeness (QED) is 0.216. The Bertz CT molecular complexity index is 1660. The molecule has 1 saturated carbocycles. The Balaban J connectivity index is 1.08. The van der Waals surface area contributed by atoms with Gasteiger partial charge < -0.3 is 25.0 Å². The first-order valence-electron chi connectivity index (χ1n) is 15.5. The summed E-state index contributed by atoms with van der Waals surface area (Å²) in [6.07, 6.45) is 8.65. The van der Waals surface area contributed by atoms with Crippen molar-refractivity contribution in [3.05, 3.63) is 59.7 Å². The fourth-order valence-corrected chi connectivity index (χ4v) is 5.86. The lowest BCUT2D eigenvalue weighted by atomic mass is 10.0. The second-order valence-corrected chi connectivity index (χ2v) is 12.4. The molecule has 1 aliphatic carbocycles. The molecule has 6 rings (SSSR count). The molecular weight excluding hydrogens is 615 g/mol. The highest BCUT2D eigenvalue weighted by atomic mass is 35.5. The first-order valence-corrected chi connectivity index (χ1v) is 15.9. The smallest absolute Gasteiger partial charge is 0.306 e. The van der Waals surface area contributed by atoms with Gasteiger partial charge in [0.05, 0.1) is 22.8 Å². The average molecular weight is 651 g/mol. The Kier molecular flexibility index (Phi) is 9.64. The molecule has 1 atom stereocenters. The van der Waals surface area contributed by atoms with Crippen LogP contribution in [0.1, 0.15) is 38.5 Å². The van der Waals surface area contributed by atoms with E-state index in [1.54, 1.807) is 30.1 Å². The van der Waals surface area contributed by atoms with Gasteiger partial charge in [0.1, 0.15) is 23.7 Å². The maximum absolute atomic E-state index is 13.7. The van der Waals surface area contributed by atoms with Crippen LogP contribution in [0.5, 0.6) is 5.75 Å². The molecule has 0 spiro atoms. The van der Waals surface area contributed by atoms with Gasteiger partial charge >= 0.3 is 5.97 Å². The van der Waals surface area contributed by atoms with Crippen LogP contribution in [0, 0.1) is 11.7 Å². The second kappa shape index (κ2) is 14.0. The number of nitrogens with zero attached hydrogens (tertiary/aromatic N) is 4. The van der Waals surface area contributed by atoms with Crippen LogP contribution in [-0.4, -0.2) is 83.0 Å². The molecule has 2 aromatic carbocycles. The standard InChI is InChI=1S/C33H36ClFN6O5/c1-40(33(44)28-8-9-31(43)46-28)22-10-13-41(14-11-22)12-2-3-30(42)39-27-16-23-26(17-29(27)45-18-20-4-5-20)36-19-37-32(23)38-21-6-7-25(35)24(34)15-21/h2-3,6-7,15-17,19-20,22,28H,4-5,8-14,18H2,1H3,(H,39,42)(H,36,37,38). The molecule has 242 valence electrons. The van der Waals surface area contributed by atoms with Crippen molar-refractivity contribution in [1.82, 2.24) is 19.8 Å². The van der Waals surface area contributed by atoms with Crippen molar-refractivity contribution in [2.75, 3.05) is 43.9 Å². The average Bonchev–Trinajstić information content (AvgIpc) is 3.78. The van der Waals surface area contributed by atoms with Gasteiger partial charge in [-0.1, -0.05) is 17.7 Å². The Morgan fingerprint density at radius 1 is 1.15 bits per heavy atom. The molecule has 13 heteroatoms. The number of cyclic esters (lactones) is 1. The van der Waals surface area contributed by atoms with Crippen LogP contribution >= 0.6 is 11.6 Å². The molecule has 1 unspecified atom stereocenters. The molecule has 1 aromatic heterocycles. The molecule has 46 heavy (non-hydrogen) atoms. The number of esters is 1. The normalized spacial score (nSPS) is 18.9. The number of piperidine rings is 1. The number of hydrogen-bond acceptors (Lipinski definition) is 9. The third kappa shape index (κ3) is 7.73. The van der Waals surface area contributed by atoms with Gasteiger partial charge in [-0.2, -0.15) is 0 Å². The van der Waals surface area contributed by atoms with E-state index in [0.29, 0.717) is 59.3 Å². The van der Waals surface area contributed by atoms with E-state index in [4.69, 9.17) is 21.1 Å². The van der Waals surface area contributed by atoms with Gasteiger partial charge in [0.2, 0.25) is 5.91 Å². The van der Waals surface area contributed by atoms with E-state index in [0.717, 1.165) is 38.8 Å². The lowest BCUT2D eigenvalue weighted by molar-refractivity contribution is -0.153. The van der Waals surface area contributed by atoms with E-state index < -0.39 is 11.9 Å². The molecule has 3 fully saturated rings. The zero-order chi connectivity index (χ0) is 32.2. The van der Waals surface area contributed by atoms with Gasteiger partial charge in [-0.15, -0.1) is 0 Å². The molecule has 2 aliphatic heterocycles. The van der Waals surface area contributed by atoms with Gasteiger partial charge in [0, 0.05) is 68.8 Å². The van der Waals surface area contributed by atoms with Crippen molar-refractivity contribution in [1.29, 1.82) is 0 Å². The van der Waals surface area contributed by atoms with Crippen molar-refractivity contribution < 1.29 is 28.2 Å². The van der Waals surface area contributed by atoms with Crippen molar-refractivity contribution in [2.24, 2.45) is 5.92 Å². The number of carbonyl (C=O) groups excluding carboxylic acids is 3. The summed E-state index contributed by atoms with van der Waals surface area (Å²) in [5.74, 6) is 0.212. The van der Waals surface area contributed by atoms with Gasteiger partial charge in [0.15, 0.2) is 6.10 Å². The lowest BCUT2D eigenvalue weighted by Crippen LogP contribution is -2.48. The van der Waals surface area contributed by atoms with E-state index in [1.807, 2.05) is 6.08 Å². The molecule has 2 N–H and O–H groups in total. The highest BCUT2D eigenvalue weighted by molar-refractivity contribution is 6.31. The van der Waals surface area contributed by atoms with Crippen LogP contribution in [0.4, 0.5) is 21.6 Å². The number of benzene rings is 2. The number of carbonyl (C=O) groups is 3. The van der Waals surface area contributed by atoms with Gasteiger partial charge in [-0.05, 0) is 55.9 Å². The number of aromatic nitrogens is 2. The third-order valence-electron chi connectivity index (χ3n) is 8.59. The topological polar surface area (TPSA) is 126 Å². The number of anilines is 3. The zero-order valence-corrected chi connectivity index (χ0v) is 26.3. The number of fused-ring (bicyclic) bond motifs is 1. The van der Waals surface area contributed by atoms with E-state index >= 15 is 0 Å². The monoisotopic (exact) mass is 650 g/mol. The molecule has 0 bridgehead atoms. The maximum Gasteiger partial charge on any atom is 0.306 e. The molecule has 2 saturated heterocycles. The predicted molar refractivity (Wildman–Crippen MR) is 172 cm³/mol. The number of likely N-dealkylation sites (tertiary alicyclic amines) is 1. The van der Waals surface area contributed by atoms with Crippen molar-refractivity contribution in [3.63, 3.8) is 0 Å². The molecule has 0 radical (unpaired) electrons. The Hall–Kier alpha value is -4.29. The number of amides is 2. The highest BCUT2D eigenvalue weighted by Crippen LogP contribution is 2.36. The Labute approximate surface area is 271 Å². The Morgan fingerprint density at radius 3 is 2.67 bits per heavy atom. The van der Waals surface area contributed by atoms with Gasteiger partial charge in [-0.3, -0.25) is 19.3 Å². The largest absolute Gasteiger partial charge is 0.491 e. The molecule has 3 aliphatic rings. The second-order valence-electron chi connectivity index (χ2n) is 12.0. The fourth-order valence-electron chi connectivity index (χ4n) is 5.68. The van der Waals surface area contributed by atoms with Gasteiger partial charge in [-0.25, -0.2) is 14.4 Å². The number of rotatable bonds is 11. The van der Waals surface area contributed by atoms with Crippen LogP contribution in [0.25, 0.3) is 10.9 Å². The minimum Gasteiger partial charge on any atom is -0.491 e. The zero-order valence-electron chi connectivity index (χ0n) is 25.5. The maximum atomic E-state index is 13.7. The summed E-state index contributed by atoms with van der Waals surface area (Å²) in [7, 11) is 1.78. The minimum absolute atomic E-state index is 0.0150. The first kappa shape index (κ1) is 31.7. The molecule has 3 heterocycles. The molecular formula is C33H36ClFN6O5. The first-order chi connectivity index (χ1) is 22.2. The van der Waals surface area contributed by atoms with E-state index in [1.165, 1.54) is 24.5 Å². The predicted octanol–water partition coefficient (Wildman–Crippen LogP) is 5.08. The van der Waals surface area contributed by atoms with Gasteiger partial charge in [0.25, 0.3) is 5.91 Å². The van der Waals surface area contributed by atoms with E-state index in [-0.39, 0.29) is 35.3 Å². The van der Waals surface area contributed by atoms with Crippen LogP contribution in [-0.2, 0) is 19.1 Å². The number of likely N-dealkylation sites (N-methyl/N-ethyl adjacent to an activating group) is 1. The Morgan fingerprint density at radius 2 is 1.96 bits per heavy atom. The highest BCUT2D eigenvalue weighted by Gasteiger charge is 2.35.